The first-order valence-corrected chi connectivity index (χ1v) is 5.75. The average molecular weight is 214 g/mol. The Morgan fingerprint density at radius 3 is 2.19 bits per heavy atom. The zero-order chi connectivity index (χ0) is 11.6. The van der Waals surface area contributed by atoms with E-state index < -0.39 is 0 Å². The van der Waals surface area contributed by atoms with Gasteiger partial charge >= 0.3 is 0 Å². The molecule has 1 aromatic heterocycles. The van der Waals surface area contributed by atoms with Crippen molar-refractivity contribution in [3.8, 4) is 0 Å². The van der Waals surface area contributed by atoms with Crippen LogP contribution in [0.1, 0.15) is 32.1 Å². The highest BCUT2D eigenvalue weighted by Crippen LogP contribution is 2.38. The Hall–Kier alpha value is -1.50. The van der Waals surface area contributed by atoms with E-state index in [0.717, 1.165) is 5.76 Å². The van der Waals surface area contributed by atoms with Crippen LogP contribution in [0.25, 0.3) is 0 Å². The summed E-state index contributed by atoms with van der Waals surface area (Å²) in [4.78, 5) is 0. The number of rotatable bonds is 3. The summed E-state index contributed by atoms with van der Waals surface area (Å²) in [6.45, 7) is 6.71. The van der Waals surface area contributed by atoms with Crippen molar-refractivity contribution in [1.29, 1.82) is 0 Å². The molecule has 0 amide bonds. The van der Waals surface area contributed by atoms with Crippen molar-refractivity contribution in [3.63, 3.8) is 0 Å². The van der Waals surface area contributed by atoms with Gasteiger partial charge in [-0.3, -0.25) is 0 Å². The fraction of sp³-hybridized carbons (Fsp3) is 0.333. The number of benzene rings is 1. The maximum absolute atomic E-state index is 5.61. The van der Waals surface area contributed by atoms with Gasteiger partial charge in [-0.05, 0) is 30.5 Å². The lowest BCUT2D eigenvalue weighted by Gasteiger charge is -2.32. The van der Waals surface area contributed by atoms with Crippen LogP contribution < -0.4 is 0 Å². The molecular formula is C15H18O. The summed E-state index contributed by atoms with van der Waals surface area (Å²) in [5.74, 6) is 1.52. The molecular weight excluding hydrogens is 196 g/mol. The van der Waals surface area contributed by atoms with Gasteiger partial charge in [-0.1, -0.05) is 44.2 Å². The Morgan fingerprint density at radius 1 is 1.00 bits per heavy atom. The van der Waals surface area contributed by atoms with E-state index in [-0.39, 0.29) is 5.41 Å². The normalized spacial score (nSPS) is 15.0. The summed E-state index contributed by atoms with van der Waals surface area (Å²) in [6, 6.07) is 14.6. The highest BCUT2D eigenvalue weighted by molar-refractivity contribution is 5.34. The van der Waals surface area contributed by atoms with E-state index in [0.29, 0.717) is 5.92 Å². The molecule has 0 N–H and O–H groups in total. The molecule has 1 nitrogen and oxygen atoms in total. The summed E-state index contributed by atoms with van der Waals surface area (Å²) in [6.07, 6.45) is 1.75. The van der Waals surface area contributed by atoms with E-state index in [4.69, 9.17) is 4.42 Å². The van der Waals surface area contributed by atoms with Gasteiger partial charge in [0.2, 0.25) is 0 Å². The van der Waals surface area contributed by atoms with Gasteiger partial charge in [0.15, 0.2) is 0 Å². The molecule has 0 aliphatic rings. The van der Waals surface area contributed by atoms with Crippen molar-refractivity contribution >= 4 is 0 Å². The number of furan rings is 1. The number of hydrogen-bond donors (Lipinski definition) is 0. The molecule has 0 radical (unpaired) electrons. The van der Waals surface area contributed by atoms with Gasteiger partial charge in [-0.15, -0.1) is 0 Å². The van der Waals surface area contributed by atoms with Crippen LogP contribution in [0.4, 0.5) is 0 Å². The third-order valence-electron chi connectivity index (χ3n) is 3.56. The second-order valence-corrected chi connectivity index (χ2v) is 4.70. The summed E-state index contributed by atoms with van der Waals surface area (Å²) in [7, 11) is 0. The Morgan fingerprint density at radius 2 is 1.69 bits per heavy atom. The van der Waals surface area contributed by atoms with Crippen LogP contribution in [0.15, 0.2) is 53.1 Å². The van der Waals surface area contributed by atoms with E-state index in [1.807, 2.05) is 12.1 Å². The second kappa shape index (κ2) is 4.17. The third-order valence-corrected chi connectivity index (χ3v) is 3.56. The van der Waals surface area contributed by atoms with Gasteiger partial charge < -0.3 is 4.42 Å². The second-order valence-electron chi connectivity index (χ2n) is 4.70. The van der Waals surface area contributed by atoms with E-state index in [1.54, 1.807) is 6.26 Å². The smallest absolute Gasteiger partial charge is 0.114 e. The maximum atomic E-state index is 5.61. The Balaban J connectivity index is 2.53. The monoisotopic (exact) mass is 214 g/mol. The van der Waals surface area contributed by atoms with E-state index in [9.17, 15) is 0 Å². The average Bonchev–Trinajstić information content (AvgIpc) is 2.82. The first kappa shape index (κ1) is 11.0. The topological polar surface area (TPSA) is 13.1 Å². The minimum atomic E-state index is -0.0508. The number of hydrogen-bond acceptors (Lipinski definition) is 1. The standard InChI is InChI=1S/C15H18O/c1-12(2)15(3,14-10-7-11-16-14)13-8-5-4-6-9-13/h4-12H,1-3H3/t15-/m0/s1. The minimum Gasteiger partial charge on any atom is -0.468 e. The Labute approximate surface area is 97.1 Å². The SMILES string of the molecule is CC(C)[C@@](C)(c1ccccc1)c1ccco1. The molecule has 0 aliphatic heterocycles. The maximum Gasteiger partial charge on any atom is 0.114 e. The summed E-state index contributed by atoms with van der Waals surface area (Å²) >= 11 is 0. The molecule has 0 fully saturated rings. The van der Waals surface area contributed by atoms with Gasteiger partial charge in [0.1, 0.15) is 5.76 Å². The van der Waals surface area contributed by atoms with E-state index >= 15 is 0 Å². The first-order valence-electron chi connectivity index (χ1n) is 5.75. The van der Waals surface area contributed by atoms with Crippen molar-refractivity contribution in [2.24, 2.45) is 5.92 Å². The van der Waals surface area contributed by atoms with Gasteiger partial charge in [0.25, 0.3) is 0 Å². The highest BCUT2D eigenvalue weighted by atomic mass is 16.3. The third kappa shape index (κ3) is 1.67. The lowest BCUT2D eigenvalue weighted by atomic mass is 9.71. The molecule has 0 spiro atoms. The fourth-order valence-electron chi connectivity index (χ4n) is 2.12. The van der Waals surface area contributed by atoms with Crippen molar-refractivity contribution in [3.05, 3.63) is 60.1 Å². The predicted octanol–water partition coefficient (Wildman–Crippen LogP) is 4.24. The molecule has 0 aliphatic carbocycles. The zero-order valence-corrected chi connectivity index (χ0v) is 10.1. The molecule has 84 valence electrons. The molecule has 0 saturated carbocycles. The molecule has 1 heterocycles. The summed E-state index contributed by atoms with van der Waals surface area (Å²) in [5.41, 5.74) is 1.25. The van der Waals surface area contributed by atoms with Crippen LogP contribution >= 0.6 is 0 Å². The molecule has 0 unspecified atom stereocenters. The minimum absolute atomic E-state index is 0.0508. The molecule has 0 saturated heterocycles. The van der Waals surface area contributed by atoms with Crippen LogP contribution in [-0.4, -0.2) is 0 Å². The van der Waals surface area contributed by atoms with Gasteiger partial charge in [0.05, 0.1) is 11.7 Å². The first-order chi connectivity index (χ1) is 7.65. The van der Waals surface area contributed by atoms with Crippen LogP contribution in [-0.2, 0) is 5.41 Å². The summed E-state index contributed by atoms with van der Waals surface area (Å²) in [5, 5.41) is 0. The van der Waals surface area contributed by atoms with Crippen molar-refractivity contribution in [2.75, 3.05) is 0 Å². The summed E-state index contributed by atoms with van der Waals surface area (Å²) < 4.78 is 5.61. The van der Waals surface area contributed by atoms with E-state index in [2.05, 4.69) is 51.1 Å². The Kier molecular flexibility index (Phi) is 2.86. The molecule has 16 heavy (non-hydrogen) atoms. The zero-order valence-electron chi connectivity index (χ0n) is 10.1. The molecule has 2 rings (SSSR count). The Bertz CT molecular complexity index is 428. The quantitative estimate of drug-likeness (QED) is 0.744. The van der Waals surface area contributed by atoms with Crippen molar-refractivity contribution in [1.82, 2.24) is 0 Å². The fourth-order valence-corrected chi connectivity index (χ4v) is 2.12. The van der Waals surface area contributed by atoms with Gasteiger partial charge in [0, 0.05) is 0 Å². The van der Waals surface area contributed by atoms with Crippen LogP contribution in [0.3, 0.4) is 0 Å². The van der Waals surface area contributed by atoms with Gasteiger partial charge in [-0.25, -0.2) is 0 Å². The van der Waals surface area contributed by atoms with Crippen LogP contribution in [0.2, 0.25) is 0 Å². The lowest BCUT2D eigenvalue weighted by Crippen LogP contribution is -2.29. The van der Waals surface area contributed by atoms with Crippen molar-refractivity contribution < 1.29 is 4.42 Å². The molecule has 2 aromatic rings. The molecule has 1 aromatic carbocycles. The van der Waals surface area contributed by atoms with E-state index in [1.165, 1.54) is 5.56 Å². The molecule has 1 atom stereocenters. The van der Waals surface area contributed by atoms with Crippen LogP contribution in [0.5, 0.6) is 0 Å². The van der Waals surface area contributed by atoms with Gasteiger partial charge in [-0.2, -0.15) is 0 Å². The lowest BCUT2D eigenvalue weighted by molar-refractivity contribution is 0.325. The molecule has 0 bridgehead atoms. The van der Waals surface area contributed by atoms with Crippen LogP contribution in [0, 0.1) is 5.92 Å². The predicted molar refractivity (Wildman–Crippen MR) is 66.4 cm³/mol. The molecule has 1 heteroatoms. The van der Waals surface area contributed by atoms with Crippen molar-refractivity contribution in [2.45, 2.75) is 26.2 Å². The largest absolute Gasteiger partial charge is 0.468 e. The highest BCUT2D eigenvalue weighted by Gasteiger charge is 2.34.